The van der Waals surface area contributed by atoms with E-state index in [-0.39, 0.29) is 29.8 Å². The Balaban J connectivity index is 2.46. The second-order valence-corrected chi connectivity index (χ2v) is 3.78. The lowest BCUT2D eigenvalue weighted by molar-refractivity contribution is -0.142. The summed E-state index contributed by atoms with van der Waals surface area (Å²) in [6.07, 6.45) is -0.321. The Morgan fingerprint density at radius 2 is 2.05 bits per heavy atom. The van der Waals surface area contributed by atoms with Crippen molar-refractivity contribution >= 4 is 17.0 Å². The van der Waals surface area contributed by atoms with E-state index in [1.165, 1.54) is 0 Å². The smallest absolute Gasteiger partial charge is 0.312 e. The van der Waals surface area contributed by atoms with Gasteiger partial charge in [-0.3, -0.25) is 9.59 Å². The normalized spacial score (nSPS) is 10.7. The van der Waals surface area contributed by atoms with Crippen LogP contribution < -0.4 is 5.56 Å². The van der Waals surface area contributed by atoms with E-state index in [2.05, 4.69) is 14.7 Å². The maximum Gasteiger partial charge on any atom is 0.312 e. The second-order valence-electron chi connectivity index (χ2n) is 3.78. The molecule has 0 atom stereocenters. The average Bonchev–Trinajstić information content (AvgIpc) is 2.33. The van der Waals surface area contributed by atoms with Crippen molar-refractivity contribution in [2.45, 2.75) is 13.3 Å². The van der Waals surface area contributed by atoms with Crippen LogP contribution in [-0.4, -0.2) is 22.5 Å². The molecule has 0 aliphatic rings. The van der Waals surface area contributed by atoms with Crippen molar-refractivity contribution in [3.8, 4) is 0 Å². The zero-order valence-electron chi connectivity index (χ0n) is 10.00. The molecule has 5 nitrogen and oxygen atoms in total. The number of carbonyl (C=O) groups is 1. The number of H-pyrrole nitrogens is 1. The highest BCUT2D eigenvalue weighted by atomic mass is 19.2. The van der Waals surface area contributed by atoms with Crippen LogP contribution >= 0.6 is 0 Å². The first kappa shape index (κ1) is 13.1. The number of halogens is 2. The summed E-state index contributed by atoms with van der Waals surface area (Å²) in [7, 11) is 0. The summed E-state index contributed by atoms with van der Waals surface area (Å²) >= 11 is 0. The maximum atomic E-state index is 13.1. The topological polar surface area (TPSA) is 72.0 Å². The van der Waals surface area contributed by atoms with Gasteiger partial charge in [0, 0.05) is 12.1 Å². The summed E-state index contributed by atoms with van der Waals surface area (Å²) in [5.41, 5.74) is -0.599. The molecule has 0 radical (unpaired) electrons. The van der Waals surface area contributed by atoms with Gasteiger partial charge in [-0.15, -0.1) is 0 Å². The predicted octanol–water partition coefficient (Wildman–Crippen LogP) is 1.31. The highest BCUT2D eigenvalue weighted by molar-refractivity contribution is 5.76. The van der Waals surface area contributed by atoms with Crippen LogP contribution in [0.4, 0.5) is 8.78 Å². The fourth-order valence-corrected chi connectivity index (χ4v) is 1.59. The van der Waals surface area contributed by atoms with Crippen LogP contribution in [0, 0.1) is 11.6 Å². The van der Waals surface area contributed by atoms with E-state index in [0.29, 0.717) is 0 Å². The van der Waals surface area contributed by atoms with Crippen molar-refractivity contribution in [1.82, 2.24) is 9.97 Å². The number of nitrogens with zero attached hydrogens (tertiary/aromatic N) is 1. The van der Waals surface area contributed by atoms with Crippen LogP contribution in [0.25, 0.3) is 11.0 Å². The number of hydrogen-bond donors (Lipinski definition) is 1. The number of aromatic amines is 1. The quantitative estimate of drug-likeness (QED) is 0.852. The highest BCUT2D eigenvalue weighted by Gasteiger charge is 2.12. The third-order valence-electron chi connectivity index (χ3n) is 2.42. The van der Waals surface area contributed by atoms with Gasteiger partial charge in [0.05, 0.1) is 24.1 Å². The molecule has 0 aliphatic heterocycles. The lowest BCUT2D eigenvalue weighted by atomic mass is 10.2. The fraction of sp³-hybridized carbons (Fsp3) is 0.250. The molecular formula is C12H10F2N2O3. The molecule has 0 fully saturated rings. The van der Waals surface area contributed by atoms with E-state index in [9.17, 15) is 18.4 Å². The Morgan fingerprint density at radius 3 is 2.74 bits per heavy atom. The molecular weight excluding hydrogens is 258 g/mol. The predicted molar refractivity (Wildman–Crippen MR) is 62.6 cm³/mol. The Bertz CT molecular complexity index is 697. The van der Waals surface area contributed by atoms with E-state index in [1.54, 1.807) is 6.92 Å². The van der Waals surface area contributed by atoms with Gasteiger partial charge in [-0.1, -0.05) is 0 Å². The molecule has 2 rings (SSSR count). The first-order chi connectivity index (χ1) is 9.01. The third kappa shape index (κ3) is 2.75. The molecule has 100 valence electrons. The minimum absolute atomic E-state index is 0.0662. The largest absolute Gasteiger partial charge is 0.466 e. The van der Waals surface area contributed by atoms with E-state index in [1.807, 2.05) is 0 Å². The molecule has 0 spiro atoms. The molecule has 0 saturated carbocycles. The monoisotopic (exact) mass is 268 g/mol. The molecule has 1 heterocycles. The number of esters is 1. The molecule has 2 aromatic rings. The minimum atomic E-state index is -1.08. The number of nitrogens with one attached hydrogen (secondary N) is 1. The zero-order valence-corrected chi connectivity index (χ0v) is 10.00. The lowest BCUT2D eigenvalue weighted by Gasteiger charge is -2.03. The van der Waals surface area contributed by atoms with Gasteiger partial charge in [-0.05, 0) is 6.92 Å². The summed E-state index contributed by atoms with van der Waals surface area (Å²) in [5, 5.41) is 0. The van der Waals surface area contributed by atoms with Gasteiger partial charge in [0.2, 0.25) is 0 Å². The van der Waals surface area contributed by atoms with Crippen molar-refractivity contribution in [3.05, 3.63) is 39.8 Å². The molecule has 0 bridgehead atoms. The Hall–Kier alpha value is -2.31. The van der Waals surface area contributed by atoms with Crippen LogP contribution in [-0.2, 0) is 16.0 Å². The number of benzene rings is 1. The van der Waals surface area contributed by atoms with E-state index in [4.69, 9.17) is 0 Å². The van der Waals surface area contributed by atoms with Crippen molar-refractivity contribution in [2.24, 2.45) is 0 Å². The summed E-state index contributed by atoms with van der Waals surface area (Å²) in [5.74, 6) is -2.76. The minimum Gasteiger partial charge on any atom is -0.466 e. The molecule has 1 N–H and O–H groups in total. The van der Waals surface area contributed by atoms with Crippen LogP contribution in [0.1, 0.15) is 12.6 Å². The SMILES string of the molecule is CCOC(=O)Cc1nc2cc(F)c(F)cc2[nH]c1=O. The Labute approximate surface area is 106 Å². The molecule has 7 heteroatoms. The molecule has 0 amide bonds. The zero-order chi connectivity index (χ0) is 14.0. The number of ether oxygens (including phenoxy) is 1. The van der Waals surface area contributed by atoms with Crippen LogP contribution in [0.2, 0.25) is 0 Å². The first-order valence-corrected chi connectivity index (χ1v) is 5.55. The van der Waals surface area contributed by atoms with Gasteiger partial charge >= 0.3 is 5.97 Å². The van der Waals surface area contributed by atoms with Crippen molar-refractivity contribution < 1.29 is 18.3 Å². The maximum absolute atomic E-state index is 13.1. The highest BCUT2D eigenvalue weighted by Crippen LogP contribution is 2.13. The first-order valence-electron chi connectivity index (χ1n) is 5.55. The van der Waals surface area contributed by atoms with E-state index >= 15 is 0 Å². The average molecular weight is 268 g/mol. The summed E-state index contributed by atoms with van der Waals surface area (Å²) in [4.78, 5) is 29.1. The molecule has 19 heavy (non-hydrogen) atoms. The summed E-state index contributed by atoms with van der Waals surface area (Å²) < 4.78 is 30.7. The molecule has 0 unspecified atom stereocenters. The molecule has 0 saturated heterocycles. The molecule has 1 aromatic heterocycles. The van der Waals surface area contributed by atoms with Crippen LogP contribution in [0.5, 0.6) is 0 Å². The number of fused-ring (bicyclic) bond motifs is 1. The van der Waals surface area contributed by atoms with Crippen molar-refractivity contribution in [1.29, 1.82) is 0 Å². The fourth-order valence-electron chi connectivity index (χ4n) is 1.59. The number of hydrogen-bond acceptors (Lipinski definition) is 4. The van der Waals surface area contributed by atoms with Crippen LogP contribution in [0.3, 0.4) is 0 Å². The van der Waals surface area contributed by atoms with Crippen LogP contribution in [0.15, 0.2) is 16.9 Å². The second kappa shape index (κ2) is 5.13. The van der Waals surface area contributed by atoms with Gasteiger partial charge in [0.25, 0.3) is 5.56 Å². The van der Waals surface area contributed by atoms with Gasteiger partial charge < -0.3 is 9.72 Å². The summed E-state index contributed by atoms with van der Waals surface area (Å²) in [6, 6.07) is 1.70. The number of rotatable bonds is 3. The Morgan fingerprint density at radius 1 is 1.37 bits per heavy atom. The van der Waals surface area contributed by atoms with Gasteiger partial charge in [0.15, 0.2) is 11.6 Å². The van der Waals surface area contributed by atoms with Gasteiger partial charge in [-0.2, -0.15) is 0 Å². The van der Waals surface area contributed by atoms with E-state index < -0.39 is 23.2 Å². The number of aromatic nitrogens is 2. The van der Waals surface area contributed by atoms with Crippen molar-refractivity contribution in [3.63, 3.8) is 0 Å². The standard InChI is InChI=1S/C12H10F2N2O3/c1-2-19-11(17)5-10-12(18)16-9-4-7(14)6(13)3-8(9)15-10/h3-4H,2,5H2,1H3,(H,16,18). The Kier molecular flexibility index (Phi) is 3.55. The number of carbonyl (C=O) groups excluding carboxylic acids is 1. The third-order valence-corrected chi connectivity index (χ3v) is 2.42. The van der Waals surface area contributed by atoms with Crippen molar-refractivity contribution in [2.75, 3.05) is 6.61 Å². The van der Waals surface area contributed by atoms with E-state index in [0.717, 1.165) is 12.1 Å². The molecule has 1 aromatic carbocycles. The lowest BCUT2D eigenvalue weighted by Crippen LogP contribution is -2.20. The molecule has 0 aliphatic carbocycles. The van der Waals surface area contributed by atoms with Gasteiger partial charge in [0.1, 0.15) is 5.69 Å². The summed E-state index contributed by atoms with van der Waals surface area (Å²) in [6.45, 7) is 1.82. The van der Waals surface area contributed by atoms with Gasteiger partial charge in [-0.25, -0.2) is 13.8 Å².